The molecule has 0 fully saturated rings. The van der Waals surface area contributed by atoms with Crippen molar-refractivity contribution in [3.8, 4) is 5.88 Å². The van der Waals surface area contributed by atoms with Crippen LogP contribution in [0, 0.1) is 0 Å². The van der Waals surface area contributed by atoms with Crippen LogP contribution >= 0.6 is 15.9 Å². The van der Waals surface area contributed by atoms with Crippen molar-refractivity contribution in [2.45, 2.75) is 24.5 Å². The predicted molar refractivity (Wildman–Crippen MR) is 59.8 cm³/mol. The van der Waals surface area contributed by atoms with Gasteiger partial charge in [-0.25, -0.2) is 13.8 Å². The molecule has 0 unspecified atom stereocenters. The van der Waals surface area contributed by atoms with Crippen LogP contribution in [-0.4, -0.2) is 22.4 Å². The molecule has 1 N–H and O–H groups in total. The van der Waals surface area contributed by atoms with E-state index in [-0.39, 0.29) is 16.6 Å². The average molecular weight is 364 g/mol. The molecule has 0 aliphatic rings. The van der Waals surface area contributed by atoms with Crippen molar-refractivity contribution < 1.29 is 36.6 Å². The molecule has 0 atom stereocenters. The smallest absolute Gasteiger partial charge is 0.481 e. The maximum atomic E-state index is 12.7. The number of alkyl halides is 6. The second kappa shape index (κ2) is 6.33. The Morgan fingerprint density at radius 1 is 1.45 bits per heavy atom. The van der Waals surface area contributed by atoms with Crippen molar-refractivity contribution >= 4 is 21.9 Å². The molecule has 1 aromatic heterocycles. The predicted octanol–water partition coefficient (Wildman–Crippen LogP) is 3.44. The number of hydrogen-bond donors (Lipinski definition) is 1. The number of carbonyl (C=O) groups is 1. The lowest BCUT2D eigenvalue weighted by atomic mass is 10.1. The van der Waals surface area contributed by atoms with E-state index in [0.29, 0.717) is 6.07 Å². The summed E-state index contributed by atoms with van der Waals surface area (Å²) in [4.78, 5) is 13.9. The molecule has 1 rings (SSSR count). The molecule has 0 saturated carbocycles. The van der Waals surface area contributed by atoms with Gasteiger partial charge in [0.05, 0.1) is 17.7 Å². The number of rotatable bonds is 5. The Hall–Kier alpha value is -1.45. The number of pyridine rings is 1. The van der Waals surface area contributed by atoms with Crippen molar-refractivity contribution in [1.82, 2.24) is 4.98 Å². The summed E-state index contributed by atoms with van der Waals surface area (Å²) in [7, 11) is 0. The first-order valence-corrected chi connectivity index (χ1v) is 6.10. The summed E-state index contributed by atoms with van der Waals surface area (Å²) in [5.41, 5.74) is -1.33. The molecule has 4 nitrogen and oxygen atoms in total. The number of nitrogens with zero attached hydrogens (tertiary/aromatic N) is 1. The second-order valence-corrected chi connectivity index (χ2v) is 4.10. The Morgan fingerprint density at radius 3 is 2.45 bits per heavy atom. The minimum Gasteiger partial charge on any atom is -0.481 e. The summed E-state index contributed by atoms with van der Waals surface area (Å²) in [6, 6.07) is 0.656. The Labute approximate surface area is 117 Å². The monoisotopic (exact) mass is 363 g/mol. The van der Waals surface area contributed by atoms with Crippen LogP contribution in [0.4, 0.5) is 22.0 Å². The number of aliphatic carboxylic acids is 1. The van der Waals surface area contributed by atoms with Crippen molar-refractivity contribution in [1.29, 1.82) is 0 Å². The van der Waals surface area contributed by atoms with E-state index in [1.54, 1.807) is 0 Å². The van der Waals surface area contributed by atoms with Crippen molar-refractivity contribution in [3.63, 3.8) is 0 Å². The highest BCUT2D eigenvalue weighted by atomic mass is 79.9. The quantitative estimate of drug-likeness (QED) is 0.643. The zero-order chi connectivity index (χ0) is 15.5. The molecule has 0 aromatic carbocycles. The lowest BCUT2D eigenvalue weighted by Crippen LogP contribution is -2.20. The van der Waals surface area contributed by atoms with Crippen LogP contribution in [0.15, 0.2) is 6.07 Å². The first kappa shape index (κ1) is 16.6. The Balaban J connectivity index is 3.33. The summed E-state index contributed by atoms with van der Waals surface area (Å²) in [6.07, 6.45) is -9.09. The third-order valence-corrected chi connectivity index (χ3v) is 2.63. The minimum absolute atomic E-state index is 0.104. The Kier molecular flexibility index (Phi) is 5.26. The zero-order valence-corrected chi connectivity index (χ0v) is 11.1. The number of aromatic nitrogens is 1. The highest BCUT2D eigenvalue weighted by Gasteiger charge is 2.34. The van der Waals surface area contributed by atoms with E-state index in [0.717, 1.165) is 0 Å². The van der Waals surface area contributed by atoms with Crippen LogP contribution in [0.2, 0.25) is 0 Å². The SMILES string of the molecule is O=C(O)Cc1cc(C(F)F)c(OC(F)(F)F)nc1CBr. The molecular weight excluding hydrogens is 357 g/mol. The van der Waals surface area contributed by atoms with Crippen LogP contribution in [-0.2, 0) is 16.5 Å². The van der Waals surface area contributed by atoms with Gasteiger partial charge in [-0.1, -0.05) is 15.9 Å². The molecule has 1 aromatic rings. The van der Waals surface area contributed by atoms with Gasteiger partial charge in [0.2, 0.25) is 5.88 Å². The Bertz CT molecular complexity index is 506. The van der Waals surface area contributed by atoms with Gasteiger partial charge in [0.25, 0.3) is 6.43 Å². The van der Waals surface area contributed by atoms with Gasteiger partial charge in [0.1, 0.15) is 0 Å². The molecule has 0 saturated heterocycles. The molecule has 0 spiro atoms. The van der Waals surface area contributed by atoms with Crippen LogP contribution < -0.4 is 4.74 Å². The number of halogens is 6. The highest BCUT2D eigenvalue weighted by molar-refractivity contribution is 9.08. The van der Waals surface area contributed by atoms with E-state index in [2.05, 4.69) is 25.7 Å². The summed E-state index contributed by atoms with van der Waals surface area (Å²) < 4.78 is 65.2. The van der Waals surface area contributed by atoms with Crippen molar-refractivity contribution in [2.75, 3.05) is 0 Å². The van der Waals surface area contributed by atoms with E-state index in [1.807, 2.05) is 0 Å². The normalized spacial score (nSPS) is 11.8. The van der Waals surface area contributed by atoms with E-state index in [4.69, 9.17) is 5.11 Å². The largest absolute Gasteiger partial charge is 0.574 e. The lowest BCUT2D eigenvalue weighted by molar-refractivity contribution is -0.276. The summed E-state index contributed by atoms with van der Waals surface area (Å²) in [5, 5.41) is 8.53. The first-order valence-electron chi connectivity index (χ1n) is 4.98. The maximum Gasteiger partial charge on any atom is 0.574 e. The van der Waals surface area contributed by atoms with E-state index >= 15 is 0 Å². The van der Waals surface area contributed by atoms with Gasteiger partial charge in [-0.3, -0.25) is 4.79 Å². The molecule has 1 heterocycles. The molecule has 112 valence electrons. The summed E-state index contributed by atoms with van der Waals surface area (Å²) >= 11 is 2.89. The first-order chi connectivity index (χ1) is 9.14. The number of ether oxygens (including phenoxy) is 1. The van der Waals surface area contributed by atoms with Crippen molar-refractivity contribution in [2.24, 2.45) is 0 Å². The molecule has 20 heavy (non-hydrogen) atoms. The molecule has 0 aliphatic heterocycles. The molecule has 0 radical (unpaired) electrons. The van der Waals surface area contributed by atoms with Gasteiger partial charge in [-0.2, -0.15) is 0 Å². The molecule has 0 amide bonds. The third kappa shape index (κ3) is 4.58. The van der Waals surface area contributed by atoms with Crippen LogP contribution in [0.3, 0.4) is 0 Å². The average Bonchev–Trinajstić information content (AvgIpc) is 2.27. The van der Waals surface area contributed by atoms with Crippen LogP contribution in [0.25, 0.3) is 0 Å². The highest BCUT2D eigenvalue weighted by Crippen LogP contribution is 2.33. The molecular formula is C10H7BrF5NO3. The number of carboxylic acid groups (broad SMARTS) is 1. The van der Waals surface area contributed by atoms with Gasteiger partial charge >= 0.3 is 12.3 Å². The topological polar surface area (TPSA) is 59.4 Å². The summed E-state index contributed by atoms with van der Waals surface area (Å²) in [5.74, 6) is -2.60. The van der Waals surface area contributed by atoms with E-state index < -0.39 is 36.6 Å². The minimum atomic E-state index is -5.17. The summed E-state index contributed by atoms with van der Waals surface area (Å²) in [6.45, 7) is 0. The molecule has 0 bridgehead atoms. The van der Waals surface area contributed by atoms with Crippen LogP contribution in [0.5, 0.6) is 5.88 Å². The fraction of sp³-hybridized carbons (Fsp3) is 0.400. The zero-order valence-electron chi connectivity index (χ0n) is 9.55. The molecule has 10 heteroatoms. The standard InChI is InChI=1S/C10H7BrF5NO3/c11-3-6-4(2-7(18)19)1-5(8(12)13)9(17-6)20-10(14,15)16/h1,8H,2-3H2,(H,18,19). The van der Waals surface area contributed by atoms with Gasteiger partial charge in [-0.15, -0.1) is 13.2 Å². The van der Waals surface area contributed by atoms with Gasteiger partial charge in [0.15, 0.2) is 0 Å². The third-order valence-electron chi connectivity index (χ3n) is 2.10. The van der Waals surface area contributed by atoms with Gasteiger partial charge < -0.3 is 9.84 Å². The fourth-order valence-corrected chi connectivity index (χ4v) is 1.86. The molecule has 0 aliphatic carbocycles. The van der Waals surface area contributed by atoms with Crippen LogP contribution in [0.1, 0.15) is 23.2 Å². The maximum absolute atomic E-state index is 12.7. The van der Waals surface area contributed by atoms with Crippen molar-refractivity contribution in [3.05, 3.63) is 22.9 Å². The van der Waals surface area contributed by atoms with E-state index in [9.17, 15) is 26.7 Å². The van der Waals surface area contributed by atoms with Gasteiger partial charge in [-0.05, 0) is 11.6 Å². The van der Waals surface area contributed by atoms with E-state index in [1.165, 1.54) is 0 Å². The lowest BCUT2D eigenvalue weighted by Gasteiger charge is -2.15. The van der Waals surface area contributed by atoms with Gasteiger partial charge in [0, 0.05) is 5.33 Å². The number of carboxylic acids is 1. The number of hydrogen-bond acceptors (Lipinski definition) is 3. The fourth-order valence-electron chi connectivity index (χ4n) is 1.37. The Morgan fingerprint density at radius 2 is 2.05 bits per heavy atom. The second-order valence-electron chi connectivity index (χ2n) is 3.54.